The van der Waals surface area contributed by atoms with E-state index in [1.807, 2.05) is 19.9 Å². The Labute approximate surface area is 108 Å². The normalized spacial score (nSPS) is 11.3. The van der Waals surface area contributed by atoms with Crippen LogP contribution in [-0.4, -0.2) is 18.0 Å². The Hall–Kier alpha value is -1.42. The molecule has 1 aromatic carbocycles. The number of carbonyl (C=O) groups excluding carboxylic acids is 1. The average molecular weight is 252 g/mol. The maximum absolute atomic E-state index is 12.9. The van der Waals surface area contributed by atoms with E-state index in [0.29, 0.717) is 25.8 Å². The minimum absolute atomic E-state index is 0.00933. The van der Waals surface area contributed by atoms with Crippen LogP contribution in [0.25, 0.3) is 0 Å². The number of hydrogen-bond donors (Lipinski definition) is 2. The van der Waals surface area contributed by atoms with Gasteiger partial charge in [-0.2, -0.15) is 0 Å². The van der Waals surface area contributed by atoms with Crippen molar-refractivity contribution in [3.8, 4) is 0 Å². The van der Waals surface area contributed by atoms with E-state index in [1.54, 1.807) is 6.07 Å². The summed E-state index contributed by atoms with van der Waals surface area (Å²) in [6.07, 6.45) is 1.71. The topological polar surface area (TPSA) is 55.1 Å². The van der Waals surface area contributed by atoms with Gasteiger partial charge in [-0.15, -0.1) is 0 Å². The summed E-state index contributed by atoms with van der Waals surface area (Å²) in [4.78, 5) is 11.5. The molecule has 1 amide bonds. The number of amides is 1. The van der Waals surface area contributed by atoms with E-state index in [9.17, 15) is 9.18 Å². The van der Waals surface area contributed by atoms with Crippen LogP contribution in [0.5, 0.6) is 0 Å². The lowest BCUT2D eigenvalue weighted by atomic mass is 10.00. The van der Waals surface area contributed by atoms with E-state index in [2.05, 4.69) is 5.32 Å². The van der Waals surface area contributed by atoms with Crippen LogP contribution in [0.3, 0.4) is 0 Å². The predicted octanol–water partition coefficient (Wildman–Crippen LogP) is 2.00. The Morgan fingerprint density at radius 1 is 1.44 bits per heavy atom. The average Bonchev–Trinajstić information content (AvgIpc) is 2.25. The molecule has 0 fully saturated rings. The quantitative estimate of drug-likeness (QED) is 0.813. The lowest BCUT2D eigenvalue weighted by Crippen LogP contribution is -2.34. The molecule has 1 aromatic rings. The number of hydrogen-bond acceptors (Lipinski definition) is 2. The Bertz CT molecular complexity index is 399. The Morgan fingerprint density at radius 3 is 2.78 bits per heavy atom. The molecule has 0 saturated carbocycles. The van der Waals surface area contributed by atoms with Crippen molar-refractivity contribution in [3.05, 3.63) is 35.6 Å². The first-order chi connectivity index (χ1) is 8.37. The van der Waals surface area contributed by atoms with E-state index >= 15 is 0 Å². The van der Waals surface area contributed by atoms with Crippen LogP contribution in [0.1, 0.15) is 32.3 Å². The van der Waals surface area contributed by atoms with Crippen molar-refractivity contribution in [1.29, 1.82) is 0 Å². The van der Waals surface area contributed by atoms with Crippen molar-refractivity contribution < 1.29 is 9.18 Å². The summed E-state index contributed by atoms with van der Waals surface area (Å²) >= 11 is 0. The maximum atomic E-state index is 12.9. The summed E-state index contributed by atoms with van der Waals surface area (Å²) in [5.74, 6) is -0.256. The van der Waals surface area contributed by atoms with E-state index in [4.69, 9.17) is 5.73 Å². The predicted molar refractivity (Wildman–Crippen MR) is 70.6 cm³/mol. The molecule has 3 N–H and O–H groups in total. The minimum atomic E-state index is -0.320. The third-order valence-corrected chi connectivity index (χ3v) is 2.62. The van der Waals surface area contributed by atoms with Crippen molar-refractivity contribution in [1.82, 2.24) is 5.32 Å². The molecule has 0 bridgehead atoms. The molecule has 100 valence electrons. The maximum Gasteiger partial charge on any atom is 0.220 e. The fourth-order valence-corrected chi connectivity index (χ4v) is 1.56. The van der Waals surface area contributed by atoms with Gasteiger partial charge in [0.05, 0.1) is 0 Å². The van der Waals surface area contributed by atoms with Gasteiger partial charge in [-0.05, 0) is 44.4 Å². The highest BCUT2D eigenvalue weighted by atomic mass is 19.1. The van der Waals surface area contributed by atoms with Crippen LogP contribution < -0.4 is 11.1 Å². The summed E-state index contributed by atoms with van der Waals surface area (Å²) in [5, 5.41) is 2.81. The van der Waals surface area contributed by atoms with E-state index in [1.165, 1.54) is 12.1 Å². The summed E-state index contributed by atoms with van der Waals surface area (Å²) in [6, 6.07) is 6.40. The molecule has 18 heavy (non-hydrogen) atoms. The van der Waals surface area contributed by atoms with Gasteiger partial charge in [0.2, 0.25) is 5.91 Å². The van der Waals surface area contributed by atoms with Gasteiger partial charge in [0, 0.05) is 18.5 Å². The zero-order valence-corrected chi connectivity index (χ0v) is 11.0. The number of benzene rings is 1. The number of rotatable bonds is 6. The van der Waals surface area contributed by atoms with Gasteiger partial charge < -0.3 is 11.1 Å². The Kier molecular flexibility index (Phi) is 5.28. The van der Waals surface area contributed by atoms with Gasteiger partial charge in [0.25, 0.3) is 0 Å². The highest BCUT2D eigenvalue weighted by Crippen LogP contribution is 2.07. The smallest absolute Gasteiger partial charge is 0.220 e. The standard InChI is InChI=1S/C14H21FN2O/c1-14(2,16)8-6-13(18)17-9-7-11-4-3-5-12(15)10-11/h3-5,10H,6-9,16H2,1-2H3,(H,17,18). The monoisotopic (exact) mass is 252 g/mol. The van der Waals surface area contributed by atoms with Crippen molar-refractivity contribution in [2.24, 2.45) is 5.73 Å². The molecular weight excluding hydrogens is 231 g/mol. The highest BCUT2D eigenvalue weighted by Gasteiger charge is 2.12. The number of nitrogens with one attached hydrogen (secondary N) is 1. The fraction of sp³-hybridized carbons (Fsp3) is 0.500. The van der Waals surface area contributed by atoms with Crippen LogP contribution in [0, 0.1) is 5.82 Å². The second-order valence-corrected chi connectivity index (χ2v) is 5.22. The largest absolute Gasteiger partial charge is 0.356 e. The number of halogens is 1. The molecule has 0 heterocycles. The third kappa shape index (κ3) is 6.35. The summed E-state index contributed by atoms with van der Waals surface area (Å²) in [6.45, 7) is 4.31. The Balaban J connectivity index is 2.23. The third-order valence-electron chi connectivity index (χ3n) is 2.62. The van der Waals surface area contributed by atoms with Crippen LogP contribution >= 0.6 is 0 Å². The van der Waals surface area contributed by atoms with Gasteiger partial charge in [0.15, 0.2) is 0 Å². The molecule has 0 aromatic heterocycles. The number of carbonyl (C=O) groups is 1. The summed E-state index contributed by atoms with van der Waals surface area (Å²) in [7, 11) is 0. The summed E-state index contributed by atoms with van der Waals surface area (Å²) < 4.78 is 12.9. The van der Waals surface area contributed by atoms with Crippen molar-refractivity contribution >= 4 is 5.91 Å². The van der Waals surface area contributed by atoms with Crippen LogP contribution in [0.4, 0.5) is 4.39 Å². The molecule has 0 unspecified atom stereocenters. The van der Waals surface area contributed by atoms with Crippen LogP contribution in [0.15, 0.2) is 24.3 Å². The fourth-order valence-electron chi connectivity index (χ4n) is 1.56. The second kappa shape index (κ2) is 6.50. The van der Waals surface area contributed by atoms with Crippen LogP contribution in [0.2, 0.25) is 0 Å². The highest BCUT2D eigenvalue weighted by molar-refractivity contribution is 5.75. The first-order valence-corrected chi connectivity index (χ1v) is 6.17. The molecule has 0 aliphatic carbocycles. The SMILES string of the molecule is CC(C)(N)CCC(=O)NCCc1cccc(F)c1. The second-order valence-electron chi connectivity index (χ2n) is 5.22. The van der Waals surface area contributed by atoms with E-state index < -0.39 is 0 Å². The molecular formula is C14H21FN2O. The molecule has 0 aliphatic rings. The lowest BCUT2D eigenvalue weighted by Gasteiger charge is -2.17. The molecule has 1 rings (SSSR count). The molecule has 0 saturated heterocycles. The van der Waals surface area contributed by atoms with Gasteiger partial charge in [0.1, 0.15) is 5.82 Å². The number of nitrogens with two attached hydrogens (primary N) is 1. The molecule has 0 radical (unpaired) electrons. The van der Waals surface area contributed by atoms with Gasteiger partial charge in [-0.25, -0.2) is 4.39 Å². The van der Waals surface area contributed by atoms with Crippen molar-refractivity contribution in [3.63, 3.8) is 0 Å². The molecule has 0 atom stereocenters. The first kappa shape index (κ1) is 14.6. The zero-order valence-electron chi connectivity index (χ0n) is 11.0. The molecule has 0 spiro atoms. The van der Waals surface area contributed by atoms with Crippen molar-refractivity contribution in [2.75, 3.05) is 6.54 Å². The molecule has 0 aliphatic heterocycles. The molecule has 4 heteroatoms. The van der Waals surface area contributed by atoms with Gasteiger partial charge in [-0.3, -0.25) is 4.79 Å². The van der Waals surface area contributed by atoms with E-state index in [-0.39, 0.29) is 17.3 Å². The van der Waals surface area contributed by atoms with Crippen molar-refractivity contribution in [2.45, 2.75) is 38.6 Å². The minimum Gasteiger partial charge on any atom is -0.356 e. The molecule has 3 nitrogen and oxygen atoms in total. The Morgan fingerprint density at radius 2 is 2.17 bits per heavy atom. The van der Waals surface area contributed by atoms with Gasteiger partial charge in [-0.1, -0.05) is 12.1 Å². The zero-order chi connectivity index (χ0) is 13.6. The summed E-state index contributed by atoms with van der Waals surface area (Å²) in [5.41, 5.74) is 6.36. The van der Waals surface area contributed by atoms with Crippen LogP contribution in [-0.2, 0) is 11.2 Å². The first-order valence-electron chi connectivity index (χ1n) is 6.17. The van der Waals surface area contributed by atoms with Gasteiger partial charge >= 0.3 is 0 Å². The van der Waals surface area contributed by atoms with E-state index in [0.717, 1.165) is 5.56 Å². The lowest BCUT2D eigenvalue weighted by molar-refractivity contribution is -0.121.